The Labute approximate surface area is 111 Å². The van der Waals surface area contributed by atoms with Crippen LogP contribution in [0.4, 0.5) is 0 Å². The van der Waals surface area contributed by atoms with Crippen molar-refractivity contribution in [2.24, 2.45) is 0 Å². The molecule has 102 valence electrons. The van der Waals surface area contributed by atoms with Crippen LogP contribution in [0.15, 0.2) is 10.6 Å². The number of hydrogen-bond donors (Lipinski definition) is 1. The molecule has 0 aromatic carbocycles. The van der Waals surface area contributed by atoms with E-state index < -0.39 is 5.54 Å². The summed E-state index contributed by atoms with van der Waals surface area (Å²) >= 11 is 0. The van der Waals surface area contributed by atoms with Crippen molar-refractivity contribution in [3.05, 3.63) is 17.5 Å². The third-order valence-corrected chi connectivity index (χ3v) is 3.90. The first kappa shape index (κ1) is 12.2. The smallest absolute Gasteiger partial charge is 0.249 e. The van der Waals surface area contributed by atoms with Crippen molar-refractivity contribution in [2.45, 2.75) is 44.7 Å². The number of rotatable bonds is 2. The summed E-state index contributed by atoms with van der Waals surface area (Å²) in [6, 6.07) is 1.79. The molecular formula is C13H17N3O3. The maximum Gasteiger partial charge on any atom is 0.249 e. The number of nitrogens with one attached hydrogen (secondary N) is 1. The number of aromatic nitrogens is 1. The van der Waals surface area contributed by atoms with E-state index in [4.69, 9.17) is 4.52 Å². The van der Waals surface area contributed by atoms with Crippen LogP contribution in [0.3, 0.4) is 0 Å². The molecular weight excluding hydrogens is 246 g/mol. The van der Waals surface area contributed by atoms with Crippen LogP contribution in [0.25, 0.3) is 0 Å². The van der Waals surface area contributed by atoms with Crippen molar-refractivity contribution >= 4 is 11.8 Å². The third kappa shape index (κ3) is 2.11. The van der Waals surface area contributed by atoms with Crippen LogP contribution in [-0.4, -0.2) is 34.0 Å². The molecule has 1 aliphatic carbocycles. The summed E-state index contributed by atoms with van der Waals surface area (Å²) in [5.74, 6) is 0.645. The second kappa shape index (κ2) is 4.36. The lowest BCUT2D eigenvalue weighted by atomic mass is 9.93. The van der Waals surface area contributed by atoms with Gasteiger partial charge < -0.3 is 14.7 Å². The molecule has 1 aliphatic heterocycles. The summed E-state index contributed by atoms with van der Waals surface area (Å²) < 4.78 is 5.00. The monoisotopic (exact) mass is 263 g/mol. The van der Waals surface area contributed by atoms with E-state index in [0.29, 0.717) is 18.0 Å². The third-order valence-electron chi connectivity index (χ3n) is 3.90. The fourth-order valence-corrected chi connectivity index (χ4v) is 3.04. The van der Waals surface area contributed by atoms with Gasteiger partial charge in [-0.05, 0) is 19.8 Å². The zero-order chi connectivity index (χ0) is 13.5. The van der Waals surface area contributed by atoms with Crippen molar-refractivity contribution < 1.29 is 14.1 Å². The van der Waals surface area contributed by atoms with Gasteiger partial charge in [0.1, 0.15) is 23.5 Å². The molecule has 19 heavy (non-hydrogen) atoms. The molecule has 2 fully saturated rings. The van der Waals surface area contributed by atoms with E-state index in [1.807, 2.05) is 0 Å². The fourth-order valence-electron chi connectivity index (χ4n) is 3.04. The Morgan fingerprint density at radius 3 is 2.79 bits per heavy atom. The van der Waals surface area contributed by atoms with Crippen LogP contribution >= 0.6 is 0 Å². The number of amides is 2. The topological polar surface area (TPSA) is 75.4 Å². The lowest BCUT2D eigenvalue weighted by Gasteiger charge is -2.39. The standard InChI is InChI=1S/C13H17N3O3/c1-9-6-10(15-19-9)7-16-8-11(17)14-13(12(16)18)4-2-3-5-13/h6H,2-5,7-8H2,1H3,(H,14,17). The summed E-state index contributed by atoms with van der Waals surface area (Å²) in [5.41, 5.74) is 0.0300. The highest BCUT2D eigenvalue weighted by atomic mass is 16.5. The van der Waals surface area contributed by atoms with E-state index in [1.54, 1.807) is 17.9 Å². The molecule has 1 spiro atoms. The van der Waals surface area contributed by atoms with Crippen molar-refractivity contribution in [3.63, 3.8) is 0 Å². The first-order valence-electron chi connectivity index (χ1n) is 6.62. The summed E-state index contributed by atoms with van der Waals surface area (Å²) in [6.45, 7) is 2.25. The van der Waals surface area contributed by atoms with E-state index in [1.165, 1.54) is 0 Å². The Morgan fingerprint density at radius 2 is 2.16 bits per heavy atom. The molecule has 1 aromatic heterocycles. The van der Waals surface area contributed by atoms with Crippen LogP contribution in [0.1, 0.15) is 37.1 Å². The van der Waals surface area contributed by atoms with Gasteiger partial charge >= 0.3 is 0 Å². The number of carbonyl (C=O) groups excluding carboxylic acids is 2. The summed E-state index contributed by atoms with van der Waals surface area (Å²) in [6.07, 6.45) is 3.46. The first-order chi connectivity index (χ1) is 9.09. The second-order valence-corrected chi connectivity index (χ2v) is 5.43. The molecule has 2 aliphatic rings. The second-order valence-electron chi connectivity index (χ2n) is 5.43. The van der Waals surface area contributed by atoms with Crippen molar-refractivity contribution in [1.29, 1.82) is 0 Å². The summed E-state index contributed by atoms with van der Waals surface area (Å²) in [4.78, 5) is 26.0. The SMILES string of the molecule is Cc1cc(CN2CC(=O)NC3(CCCC3)C2=O)no1. The zero-order valence-corrected chi connectivity index (χ0v) is 10.9. The highest BCUT2D eigenvalue weighted by molar-refractivity contribution is 5.98. The van der Waals surface area contributed by atoms with Gasteiger partial charge in [-0.15, -0.1) is 0 Å². The van der Waals surface area contributed by atoms with E-state index in [2.05, 4.69) is 10.5 Å². The average molecular weight is 263 g/mol. The number of hydrogen-bond acceptors (Lipinski definition) is 4. The highest BCUT2D eigenvalue weighted by Gasteiger charge is 2.48. The Morgan fingerprint density at radius 1 is 1.42 bits per heavy atom. The van der Waals surface area contributed by atoms with Gasteiger partial charge in [-0.25, -0.2) is 0 Å². The zero-order valence-electron chi connectivity index (χ0n) is 10.9. The van der Waals surface area contributed by atoms with Crippen LogP contribution in [0.2, 0.25) is 0 Å². The molecule has 0 bridgehead atoms. The van der Waals surface area contributed by atoms with Crippen LogP contribution in [-0.2, 0) is 16.1 Å². The van der Waals surface area contributed by atoms with Gasteiger partial charge in [-0.3, -0.25) is 9.59 Å². The van der Waals surface area contributed by atoms with Gasteiger partial charge in [0, 0.05) is 6.07 Å². The average Bonchev–Trinajstić information content (AvgIpc) is 2.96. The maximum absolute atomic E-state index is 12.6. The number of nitrogens with zero attached hydrogens (tertiary/aromatic N) is 2. The summed E-state index contributed by atoms with van der Waals surface area (Å²) in [5, 5.41) is 6.77. The van der Waals surface area contributed by atoms with Crippen molar-refractivity contribution in [2.75, 3.05) is 6.54 Å². The molecule has 3 rings (SSSR count). The van der Waals surface area contributed by atoms with Crippen LogP contribution < -0.4 is 5.32 Å². The van der Waals surface area contributed by atoms with Gasteiger partial charge in [0.05, 0.1) is 6.54 Å². The Balaban J connectivity index is 1.80. The maximum atomic E-state index is 12.6. The van der Waals surface area contributed by atoms with Crippen LogP contribution in [0, 0.1) is 6.92 Å². The van der Waals surface area contributed by atoms with Crippen molar-refractivity contribution in [1.82, 2.24) is 15.4 Å². The predicted octanol–water partition coefficient (Wildman–Crippen LogP) is 0.754. The molecule has 6 nitrogen and oxygen atoms in total. The lowest BCUT2D eigenvalue weighted by Crippen LogP contribution is -2.65. The minimum absolute atomic E-state index is 0.0188. The van der Waals surface area contributed by atoms with E-state index in [9.17, 15) is 9.59 Å². The van der Waals surface area contributed by atoms with Gasteiger partial charge in [-0.1, -0.05) is 18.0 Å². The van der Waals surface area contributed by atoms with Gasteiger partial charge in [0.2, 0.25) is 11.8 Å². The normalized spacial score (nSPS) is 22.1. The molecule has 1 aromatic rings. The molecule has 0 unspecified atom stereocenters. The molecule has 2 heterocycles. The molecule has 1 N–H and O–H groups in total. The Hall–Kier alpha value is -1.85. The largest absolute Gasteiger partial charge is 0.361 e. The lowest BCUT2D eigenvalue weighted by molar-refractivity contribution is -0.150. The quantitative estimate of drug-likeness (QED) is 0.854. The highest BCUT2D eigenvalue weighted by Crippen LogP contribution is 2.33. The van der Waals surface area contributed by atoms with E-state index in [-0.39, 0.29) is 18.4 Å². The predicted molar refractivity (Wildman–Crippen MR) is 66.0 cm³/mol. The molecule has 0 atom stereocenters. The summed E-state index contributed by atoms with van der Waals surface area (Å²) in [7, 11) is 0. The molecule has 1 saturated carbocycles. The van der Waals surface area contributed by atoms with Crippen LogP contribution in [0.5, 0.6) is 0 Å². The Kier molecular flexibility index (Phi) is 2.80. The van der Waals surface area contributed by atoms with E-state index >= 15 is 0 Å². The molecule has 6 heteroatoms. The van der Waals surface area contributed by atoms with Gasteiger partial charge in [-0.2, -0.15) is 0 Å². The fraction of sp³-hybridized carbons (Fsp3) is 0.615. The minimum Gasteiger partial charge on any atom is -0.361 e. The van der Waals surface area contributed by atoms with Gasteiger partial charge in [0.25, 0.3) is 0 Å². The first-order valence-corrected chi connectivity index (χ1v) is 6.62. The van der Waals surface area contributed by atoms with Crippen molar-refractivity contribution in [3.8, 4) is 0 Å². The Bertz CT molecular complexity index is 517. The molecule has 0 radical (unpaired) electrons. The molecule has 1 saturated heterocycles. The van der Waals surface area contributed by atoms with Gasteiger partial charge in [0.15, 0.2) is 0 Å². The number of carbonyl (C=O) groups is 2. The minimum atomic E-state index is -0.659. The number of piperazine rings is 1. The number of aryl methyl sites for hydroxylation is 1. The molecule has 2 amide bonds. The van der Waals surface area contributed by atoms with E-state index in [0.717, 1.165) is 25.7 Å².